The molecule has 2 aliphatic carbocycles. The molecular formula is C18H31BO2. The summed E-state index contributed by atoms with van der Waals surface area (Å²) in [5.74, 6) is 1.43. The molecule has 0 aromatic rings. The van der Waals surface area contributed by atoms with Crippen molar-refractivity contribution in [3.8, 4) is 0 Å². The molecule has 3 aliphatic rings. The van der Waals surface area contributed by atoms with E-state index in [0.717, 1.165) is 5.92 Å². The molecule has 2 saturated carbocycles. The maximum absolute atomic E-state index is 6.46. The predicted molar refractivity (Wildman–Crippen MR) is 88.3 cm³/mol. The molecule has 1 saturated heterocycles. The third kappa shape index (κ3) is 2.41. The molecule has 0 amide bonds. The summed E-state index contributed by atoms with van der Waals surface area (Å²) in [7, 11) is -0.0261. The van der Waals surface area contributed by atoms with Gasteiger partial charge in [-0.05, 0) is 52.4 Å². The minimum Gasteiger partial charge on any atom is -0.403 e. The van der Waals surface area contributed by atoms with E-state index in [0.29, 0.717) is 5.92 Å². The molecule has 0 aromatic carbocycles. The molecule has 0 spiro atoms. The van der Waals surface area contributed by atoms with E-state index in [2.05, 4.69) is 40.3 Å². The van der Waals surface area contributed by atoms with Crippen LogP contribution in [0.5, 0.6) is 0 Å². The van der Waals surface area contributed by atoms with Gasteiger partial charge in [-0.2, -0.15) is 0 Å². The molecule has 0 aromatic heterocycles. The molecule has 0 atom stereocenters. The van der Waals surface area contributed by atoms with Gasteiger partial charge in [-0.15, -0.1) is 6.58 Å². The molecule has 3 rings (SSSR count). The van der Waals surface area contributed by atoms with Crippen molar-refractivity contribution in [2.75, 3.05) is 0 Å². The van der Waals surface area contributed by atoms with E-state index in [1.165, 1.54) is 44.9 Å². The fourth-order valence-corrected chi connectivity index (χ4v) is 4.56. The van der Waals surface area contributed by atoms with Crippen molar-refractivity contribution in [1.82, 2.24) is 0 Å². The van der Waals surface area contributed by atoms with Gasteiger partial charge in [-0.3, -0.25) is 0 Å². The van der Waals surface area contributed by atoms with Crippen molar-refractivity contribution >= 4 is 7.12 Å². The molecule has 21 heavy (non-hydrogen) atoms. The minimum atomic E-state index is -0.210. The largest absolute Gasteiger partial charge is 0.464 e. The van der Waals surface area contributed by atoms with E-state index in [1.807, 2.05) is 0 Å². The molecule has 0 radical (unpaired) electrons. The van der Waals surface area contributed by atoms with Crippen LogP contribution in [-0.4, -0.2) is 18.3 Å². The summed E-state index contributed by atoms with van der Waals surface area (Å²) in [5.41, 5.74) is -0.419. The highest BCUT2D eigenvalue weighted by Crippen LogP contribution is 2.65. The Morgan fingerprint density at radius 1 is 0.952 bits per heavy atom. The van der Waals surface area contributed by atoms with Crippen LogP contribution in [0.25, 0.3) is 0 Å². The van der Waals surface area contributed by atoms with Gasteiger partial charge in [0.2, 0.25) is 0 Å². The van der Waals surface area contributed by atoms with Gasteiger partial charge in [-0.25, -0.2) is 0 Å². The molecule has 118 valence electrons. The average molecular weight is 290 g/mol. The first kappa shape index (κ1) is 15.6. The van der Waals surface area contributed by atoms with Crippen molar-refractivity contribution in [2.45, 2.75) is 89.2 Å². The second-order valence-electron chi connectivity index (χ2n) is 8.56. The molecule has 0 unspecified atom stereocenters. The van der Waals surface area contributed by atoms with E-state index < -0.39 is 0 Å². The fourth-order valence-electron chi connectivity index (χ4n) is 4.56. The van der Waals surface area contributed by atoms with Crippen LogP contribution >= 0.6 is 0 Å². The Bertz CT molecular complexity index is 387. The van der Waals surface area contributed by atoms with Gasteiger partial charge < -0.3 is 9.31 Å². The van der Waals surface area contributed by atoms with E-state index in [4.69, 9.17) is 9.31 Å². The molecular weight excluding hydrogens is 259 g/mol. The van der Waals surface area contributed by atoms with Gasteiger partial charge in [0.05, 0.1) is 11.2 Å². The summed E-state index contributed by atoms with van der Waals surface area (Å²) < 4.78 is 12.9. The van der Waals surface area contributed by atoms with Crippen molar-refractivity contribution in [2.24, 2.45) is 11.8 Å². The van der Waals surface area contributed by atoms with E-state index >= 15 is 0 Å². The molecule has 0 N–H and O–H groups in total. The zero-order valence-electron chi connectivity index (χ0n) is 14.3. The van der Waals surface area contributed by atoms with Gasteiger partial charge >= 0.3 is 7.12 Å². The lowest BCUT2D eigenvalue weighted by atomic mass is 9.38. The second kappa shape index (κ2) is 5.13. The topological polar surface area (TPSA) is 18.5 Å². The van der Waals surface area contributed by atoms with Crippen LogP contribution < -0.4 is 0 Å². The maximum Gasteiger partial charge on any atom is 0.464 e. The van der Waals surface area contributed by atoms with Gasteiger partial charge in [0.1, 0.15) is 0 Å². The summed E-state index contributed by atoms with van der Waals surface area (Å²) in [5, 5.41) is 0.240. The van der Waals surface area contributed by atoms with Crippen molar-refractivity contribution < 1.29 is 9.31 Å². The van der Waals surface area contributed by atoms with Gasteiger partial charge in [0, 0.05) is 5.31 Å². The van der Waals surface area contributed by atoms with Crippen LogP contribution in [0, 0.1) is 11.8 Å². The van der Waals surface area contributed by atoms with Crippen molar-refractivity contribution in [1.29, 1.82) is 0 Å². The monoisotopic (exact) mass is 290 g/mol. The predicted octanol–water partition coefficient (Wildman–Crippen LogP) is 5.00. The van der Waals surface area contributed by atoms with Crippen molar-refractivity contribution in [3.63, 3.8) is 0 Å². The Morgan fingerprint density at radius 3 is 1.95 bits per heavy atom. The third-order valence-corrected chi connectivity index (χ3v) is 6.76. The molecule has 1 aliphatic heterocycles. The first-order valence-corrected chi connectivity index (χ1v) is 8.79. The summed E-state index contributed by atoms with van der Waals surface area (Å²) in [6.07, 6.45) is 11.4. The summed E-state index contributed by atoms with van der Waals surface area (Å²) in [6, 6.07) is 0. The quantitative estimate of drug-likeness (QED) is 0.538. The number of rotatable bonds is 3. The maximum atomic E-state index is 6.46. The normalized spacial score (nSPS) is 39.0. The highest BCUT2D eigenvalue weighted by Gasteiger charge is 2.65. The first-order chi connectivity index (χ1) is 9.81. The zero-order valence-corrected chi connectivity index (χ0v) is 14.3. The Morgan fingerprint density at radius 2 is 1.48 bits per heavy atom. The molecule has 1 heterocycles. The van der Waals surface area contributed by atoms with E-state index in [-0.39, 0.29) is 23.6 Å². The molecule has 0 bridgehead atoms. The van der Waals surface area contributed by atoms with Crippen LogP contribution in [0.15, 0.2) is 12.7 Å². The number of allylic oxidation sites excluding steroid dienone is 1. The Balaban J connectivity index is 1.82. The highest BCUT2D eigenvalue weighted by molar-refractivity contribution is 6.50. The average Bonchev–Trinajstić information content (AvgIpc) is 2.59. The summed E-state index contributed by atoms with van der Waals surface area (Å²) in [6.45, 7) is 12.7. The Labute approximate surface area is 130 Å². The summed E-state index contributed by atoms with van der Waals surface area (Å²) in [4.78, 5) is 0. The first-order valence-electron chi connectivity index (χ1n) is 8.79. The lowest BCUT2D eigenvalue weighted by Gasteiger charge is -2.53. The van der Waals surface area contributed by atoms with Crippen LogP contribution in [0.2, 0.25) is 5.31 Å². The van der Waals surface area contributed by atoms with Gasteiger partial charge in [0.25, 0.3) is 0 Å². The Kier molecular flexibility index (Phi) is 3.81. The number of hydrogen-bond acceptors (Lipinski definition) is 2. The lowest BCUT2D eigenvalue weighted by Crippen LogP contribution is -2.50. The zero-order chi connectivity index (χ0) is 15.3. The molecule has 3 fully saturated rings. The fraction of sp³-hybridized carbons (Fsp3) is 0.889. The molecule has 3 heteroatoms. The van der Waals surface area contributed by atoms with E-state index in [9.17, 15) is 0 Å². The summed E-state index contributed by atoms with van der Waals surface area (Å²) >= 11 is 0. The SMILES string of the molecule is C=CC1CC(B2OC(C)(C)C(C)(C)O2)(C2CCCCC2)C1. The van der Waals surface area contributed by atoms with E-state index in [1.54, 1.807) is 0 Å². The van der Waals surface area contributed by atoms with Gasteiger partial charge in [0.15, 0.2) is 0 Å². The third-order valence-electron chi connectivity index (χ3n) is 6.76. The van der Waals surface area contributed by atoms with Crippen LogP contribution in [0.3, 0.4) is 0 Å². The van der Waals surface area contributed by atoms with Crippen molar-refractivity contribution in [3.05, 3.63) is 12.7 Å². The van der Waals surface area contributed by atoms with Crippen LogP contribution in [0.1, 0.15) is 72.6 Å². The minimum absolute atomic E-state index is 0.0261. The highest BCUT2D eigenvalue weighted by atomic mass is 16.7. The van der Waals surface area contributed by atoms with Gasteiger partial charge in [-0.1, -0.05) is 38.2 Å². The second-order valence-corrected chi connectivity index (χ2v) is 8.56. The molecule has 2 nitrogen and oxygen atoms in total. The standard InChI is InChI=1S/C18H31BO2/c1-6-14-12-18(13-14,15-10-8-7-9-11-15)19-20-16(2,3)17(4,5)21-19/h6,14-15H,1,7-13H2,2-5H3. The number of hydrogen-bond donors (Lipinski definition) is 0. The Hall–Kier alpha value is -0.275. The lowest BCUT2D eigenvalue weighted by molar-refractivity contribution is 0.00578. The smallest absolute Gasteiger partial charge is 0.403 e. The van der Waals surface area contributed by atoms with Crippen LogP contribution in [0.4, 0.5) is 0 Å². The van der Waals surface area contributed by atoms with Crippen LogP contribution in [-0.2, 0) is 9.31 Å².